The molecule has 0 saturated carbocycles. The fourth-order valence-electron chi connectivity index (χ4n) is 1.88. The summed E-state index contributed by atoms with van der Waals surface area (Å²) in [6, 6.07) is 0. The van der Waals surface area contributed by atoms with Gasteiger partial charge in [-0.15, -0.1) is 11.3 Å². The van der Waals surface area contributed by atoms with Crippen molar-refractivity contribution in [3.8, 4) is 0 Å². The van der Waals surface area contributed by atoms with Crippen LogP contribution in [-0.4, -0.2) is 34.9 Å². The minimum atomic E-state index is -0.516. The van der Waals surface area contributed by atoms with Gasteiger partial charge in [-0.05, 0) is 19.4 Å². The van der Waals surface area contributed by atoms with Crippen LogP contribution in [0.5, 0.6) is 0 Å². The second kappa shape index (κ2) is 5.08. The Hall–Kier alpha value is -1.04. The van der Waals surface area contributed by atoms with Crippen molar-refractivity contribution in [2.45, 2.75) is 26.4 Å². The van der Waals surface area contributed by atoms with E-state index < -0.39 is 6.10 Å². The molecular weight excluding hydrogens is 236 g/mol. The van der Waals surface area contributed by atoms with E-state index >= 15 is 0 Å². The summed E-state index contributed by atoms with van der Waals surface area (Å²) in [5.41, 5.74) is 2.12. The summed E-state index contributed by atoms with van der Waals surface area (Å²) in [6.45, 7) is 4.48. The number of rotatable bonds is 4. The summed E-state index contributed by atoms with van der Waals surface area (Å²) in [5, 5.41) is 10.9. The number of aryl methyl sites for hydroxylation is 2. The third kappa shape index (κ3) is 2.46. The lowest BCUT2D eigenvalue weighted by Gasteiger charge is -2.09. The van der Waals surface area contributed by atoms with Crippen molar-refractivity contribution in [1.29, 1.82) is 0 Å². The van der Waals surface area contributed by atoms with Crippen molar-refractivity contribution < 1.29 is 9.84 Å². The number of aliphatic hydroxyl groups is 1. The lowest BCUT2D eigenvalue weighted by molar-refractivity contribution is 0.0646. The summed E-state index contributed by atoms with van der Waals surface area (Å²) in [5.74, 6) is 0. The normalized spacial score (nSPS) is 13.2. The van der Waals surface area contributed by atoms with Gasteiger partial charge in [-0.1, -0.05) is 0 Å². The average molecular weight is 252 g/mol. The van der Waals surface area contributed by atoms with E-state index in [0.717, 1.165) is 15.9 Å². The Bertz CT molecular complexity index is 524. The van der Waals surface area contributed by atoms with Gasteiger partial charge in [0.15, 0.2) is 0 Å². The molecule has 2 heterocycles. The van der Waals surface area contributed by atoms with E-state index in [-0.39, 0.29) is 0 Å². The highest BCUT2D eigenvalue weighted by Crippen LogP contribution is 2.30. The smallest absolute Gasteiger partial charge is 0.127 e. The predicted octanol–water partition coefficient (Wildman–Crippen LogP) is 1.86. The first-order chi connectivity index (χ1) is 8.13. The zero-order chi connectivity index (χ0) is 12.4. The van der Waals surface area contributed by atoms with Gasteiger partial charge in [0.1, 0.15) is 11.2 Å². The Morgan fingerprint density at radius 2 is 2.18 bits per heavy atom. The van der Waals surface area contributed by atoms with E-state index in [1.165, 1.54) is 10.4 Å². The molecule has 1 atom stereocenters. The molecule has 1 unspecified atom stereocenters. The first-order valence-corrected chi connectivity index (χ1v) is 6.31. The molecule has 1 N–H and O–H groups in total. The number of methoxy groups -OCH3 is 1. The average Bonchev–Trinajstić information content (AvgIpc) is 2.56. The fourth-order valence-corrected chi connectivity index (χ4v) is 2.90. The number of thiophene rings is 1. The molecule has 0 amide bonds. The first kappa shape index (κ1) is 12.4. The van der Waals surface area contributed by atoms with Gasteiger partial charge in [-0.3, -0.25) is 0 Å². The highest BCUT2D eigenvalue weighted by atomic mass is 32.1. The number of aliphatic hydroxyl groups excluding tert-OH is 1. The van der Waals surface area contributed by atoms with Crippen LogP contribution in [0, 0.1) is 13.8 Å². The van der Waals surface area contributed by atoms with Gasteiger partial charge in [-0.2, -0.15) is 0 Å². The van der Waals surface area contributed by atoms with E-state index in [1.54, 1.807) is 24.8 Å². The molecule has 0 spiro atoms. The van der Waals surface area contributed by atoms with Crippen LogP contribution in [0.2, 0.25) is 0 Å². The molecule has 2 rings (SSSR count). The van der Waals surface area contributed by atoms with Crippen molar-refractivity contribution in [2.75, 3.05) is 13.7 Å². The Balaban J connectivity index is 2.40. The molecule has 0 aromatic carbocycles. The van der Waals surface area contributed by atoms with Gasteiger partial charge in [0.05, 0.1) is 18.4 Å². The highest BCUT2D eigenvalue weighted by Gasteiger charge is 2.14. The fraction of sp³-hybridized carbons (Fsp3) is 0.500. The molecule has 4 nitrogen and oxygen atoms in total. The zero-order valence-corrected chi connectivity index (χ0v) is 11.0. The van der Waals surface area contributed by atoms with Gasteiger partial charge < -0.3 is 9.84 Å². The Morgan fingerprint density at radius 3 is 2.88 bits per heavy atom. The minimum Gasteiger partial charge on any atom is -0.390 e. The van der Waals surface area contributed by atoms with Crippen LogP contribution in [0.1, 0.15) is 16.1 Å². The van der Waals surface area contributed by atoms with Crippen LogP contribution >= 0.6 is 11.3 Å². The number of hydrogen-bond acceptors (Lipinski definition) is 5. The summed E-state index contributed by atoms with van der Waals surface area (Å²) in [6.07, 6.45) is 1.55. The van der Waals surface area contributed by atoms with Gasteiger partial charge in [-0.25, -0.2) is 9.97 Å². The van der Waals surface area contributed by atoms with Crippen molar-refractivity contribution in [3.05, 3.63) is 22.5 Å². The van der Waals surface area contributed by atoms with E-state index in [4.69, 9.17) is 4.74 Å². The summed E-state index contributed by atoms with van der Waals surface area (Å²) in [7, 11) is 1.58. The Labute approximate surface area is 104 Å². The number of aromatic nitrogens is 2. The van der Waals surface area contributed by atoms with Crippen LogP contribution in [0.25, 0.3) is 10.2 Å². The largest absolute Gasteiger partial charge is 0.390 e. The number of ether oxygens (including phenoxy) is 1. The molecule has 0 saturated heterocycles. The standard InChI is InChI=1S/C12H16N2O2S/c1-7-8(2)17-12-11(7)10(13-6-14-12)4-9(15)5-16-3/h6,9,15H,4-5H2,1-3H3. The number of fused-ring (bicyclic) bond motifs is 1. The number of nitrogens with zero attached hydrogens (tertiary/aromatic N) is 2. The van der Waals surface area contributed by atoms with E-state index in [1.807, 2.05) is 0 Å². The van der Waals surface area contributed by atoms with E-state index in [9.17, 15) is 5.11 Å². The lowest BCUT2D eigenvalue weighted by Crippen LogP contribution is -2.17. The SMILES string of the molecule is COCC(O)Cc1ncnc2sc(C)c(C)c12. The quantitative estimate of drug-likeness (QED) is 0.902. The minimum absolute atomic E-state index is 0.327. The molecule has 17 heavy (non-hydrogen) atoms. The topological polar surface area (TPSA) is 55.2 Å². The van der Waals surface area contributed by atoms with Crippen LogP contribution in [0.15, 0.2) is 6.33 Å². The van der Waals surface area contributed by atoms with Gasteiger partial charge in [0, 0.05) is 23.8 Å². The summed E-state index contributed by atoms with van der Waals surface area (Å²) >= 11 is 1.67. The highest BCUT2D eigenvalue weighted by molar-refractivity contribution is 7.18. The van der Waals surface area contributed by atoms with Crippen molar-refractivity contribution >= 4 is 21.6 Å². The molecule has 92 valence electrons. The Morgan fingerprint density at radius 1 is 1.41 bits per heavy atom. The molecule has 0 fully saturated rings. The van der Waals surface area contributed by atoms with Crippen molar-refractivity contribution in [1.82, 2.24) is 9.97 Å². The first-order valence-electron chi connectivity index (χ1n) is 5.50. The van der Waals surface area contributed by atoms with E-state index in [2.05, 4.69) is 23.8 Å². The second-order valence-electron chi connectivity index (χ2n) is 4.10. The van der Waals surface area contributed by atoms with Crippen LogP contribution in [0.4, 0.5) is 0 Å². The molecule has 0 bridgehead atoms. The van der Waals surface area contributed by atoms with Crippen LogP contribution in [0.3, 0.4) is 0 Å². The summed E-state index contributed by atoms with van der Waals surface area (Å²) < 4.78 is 4.93. The van der Waals surface area contributed by atoms with Crippen molar-refractivity contribution in [2.24, 2.45) is 0 Å². The maximum absolute atomic E-state index is 9.78. The third-order valence-corrected chi connectivity index (χ3v) is 3.95. The zero-order valence-electron chi connectivity index (χ0n) is 10.2. The molecule has 2 aromatic rings. The van der Waals surface area contributed by atoms with Gasteiger partial charge >= 0.3 is 0 Å². The van der Waals surface area contributed by atoms with Gasteiger partial charge in [0.25, 0.3) is 0 Å². The molecule has 2 aromatic heterocycles. The molecule has 5 heteroatoms. The lowest BCUT2D eigenvalue weighted by atomic mass is 10.1. The molecular formula is C12H16N2O2S. The molecule has 0 aliphatic heterocycles. The molecule has 0 aliphatic carbocycles. The Kier molecular flexibility index (Phi) is 3.71. The maximum atomic E-state index is 9.78. The predicted molar refractivity (Wildman–Crippen MR) is 68.5 cm³/mol. The van der Waals surface area contributed by atoms with Crippen LogP contribution < -0.4 is 0 Å². The van der Waals surface area contributed by atoms with Crippen LogP contribution in [-0.2, 0) is 11.2 Å². The molecule has 0 aliphatic rings. The van der Waals surface area contributed by atoms with E-state index in [0.29, 0.717) is 13.0 Å². The summed E-state index contributed by atoms with van der Waals surface area (Å²) in [4.78, 5) is 10.8. The second-order valence-corrected chi connectivity index (χ2v) is 5.30. The monoisotopic (exact) mass is 252 g/mol. The molecule has 0 radical (unpaired) electrons. The van der Waals surface area contributed by atoms with Crippen molar-refractivity contribution in [3.63, 3.8) is 0 Å². The number of hydrogen-bond donors (Lipinski definition) is 1. The van der Waals surface area contributed by atoms with Gasteiger partial charge in [0.2, 0.25) is 0 Å². The third-order valence-electron chi connectivity index (χ3n) is 2.83. The maximum Gasteiger partial charge on any atom is 0.127 e.